The third-order valence-corrected chi connectivity index (χ3v) is 7.10. The van der Waals surface area contributed by atoms with Crippen LogP contribution in [0.1, 0.15) is 70.5 Å². The molecular weight excluding hydrogens is 510 g/mol. The average Bonchev–Trinajstić information content (AvgIpc) is 3.25. The predicted molar refractivity (Wildman–Crippen MR) is 150 cm³/mol. The molecule has 1 saturated heterocycles. The number of likely N-dealkylation sites (tertiary alicyclic amines) is 1. The largest absolute Gasteiger partial charge is 0.465 e. The van der Waals surface area contributed by atoms with Gasteiger partial charge in [-0.15, -0.1) is 0 Å². The Kier molecular flexibility index (Phi) is 9.88. The quantitative estimate of drug-likeness (QED) is 0.352. The number of amides is 4. The number of carbonyl (C=O) groups is 4. The van der Waals surface area contributed by atoms with Crippen LogP contribution in [0.25, 0.3) is 0 Å². The molecule has 2 aromatic rings. The molecule has 10 heteroatoms. The van der Waals surface area contributed by atoms with Crippen LogP contribution >= 0.6 is 0 Å². The summed E-state index contributed by atoms with van der Waals surface area (Å²) in [6, 6.07) is 15.3. The van der Waals surface area contributed by atoms with Crippen LogP contribution in [0.5, 0.6) is 0 Å². The molecule has 3 N–H and O–H groups in total. The number of nitriles is 1. The van der Waals surface area contributed by atoms with Gasteiger partial charge in [0.05, 0.1) is 17.7 Å². The molecule has 0 saturated carbocycles. The summed E-state index contributed by atoms with van der Waals surface area (Å²) in [5, 5.41) is 24.9. The van der Waals surface area contributed by atoms with Crippen molar-refractivity contribution >= 4 is 29.5 Å². The van der Waals surface area contributed by atoms with Gasteiger partial charge in [0.2, 0.25) is 5.78 Å². The van der Waals surface area contributed by atoms with E-state index >= 15 is 0 Å². The minimum Gasteiger partial charge on any atom is -0.465 e. The number of Topliss-reactive ketones (excluding diaryl/α,β-unsaturated/α-hetero) is 1. The van der Waals surface area contributed by atoms with E-state index in [0.717, 1.165) is 10.5 Å². The first kappa shape index (κ1) is 30.2. The summed E-state index contributed by atoms with van der Waals surface area (Å²) in [5.41, 5.74) is 1.25. The number of urea groups is 1. The molecule has 0 aromatic heterocycles. The summed E-state index contributed by atoms with van der Waals surface area (Å²) < 4.78 is 0. The Labute approximate surface area is 235 Å². The van der Waals surface area contributed by atoms with Crippen LogP contribution in [0.15, 0.2) is 54.6 Å². The van der Waals surface area contributed by atoms with Gasteiger partial charge in [-0.3, -0.25) is 14.5 Å². The average molecular weight is 548 g/mol. The van der Waals surface area contributed by atoms with Crippen molar-refractivity contribution in [1.29, 1.82) is 5.26 Å². The maximum absolute atomic E-state index is 13.5. The Morgan fingerprint density at radius 1 is 1.12 bits per heavy atom. The topological polar surface area (TPSA) is 143 Å². The molecular formula is C30H37N5O5. The fraction of sp³-hybridized carbons (Fsp3) is 0.433. The molecule has 3 rings (SSSR count). The number of hydrogen-bond donors (Lipinski definition) is 3. The highest BCUT2D eigenvalue weighted by Gasteiger charge is 2.48. The van der Waals surface area contributed by atoms with E-state index in [0.29, 0.717) is 24.1 Å². The Morgan fingerprint density at radius 3 is 2.35 bits per heavy atom. The number of anilines is 1. The second kappa shape index (κ2) is 13.1. The fourth-order valence-electron chi connectivity index (χ4n) is 5.02. The molecule has 0 bridgehead atoms. The number of nitrogens with one attached hydrogen (secondary N) is 2. The molecule has 0 aliphatic carbocycles. The zero-order valence-corrected chi connectivity index (χ0v) is 23.4. The van der Waals surface area contributed by atoms with Gasteiger partial charge >= 0.3 is 12.1 Å². The van der Waals surface area contributed by atoms with Crippen molar-refractivity contribution in [3.63, 3.8) is 0 Å². The van der Waals surface area contributed by atoms with Gasteiger partial charge in [-0.1, -0.05) is 63.9 Å². The summed E-state index contributed by atoms with van der Waals surface area (Å²) in [4.78, 5) is 55.2. The summed E-state index contributed by atoms with van der Waals surface area (Å²) in [6.45, 7) is 7.76. The number of rotatable bonds is 10. The fourth-order valence-corrected chi connectivity index (χ4v) is 5.02. The Hall–Kier alpha value is -4.39. The molecule has 1 heterocycles. The molecule has 3 atom stereocenters. The number of benzene rings is 2. The van der Waals surface area contributed by atoms with Crippen LogP contribution in [0.2, 0.25) is 0 Å². The molecule has 1 aliphatic heterocycles. The summed E-state index contributed by atoms with van der Waals surface area (Å²) in [5.74, 6) is -1.72. The smallest absolute Gasteiger partial charge is 0.409 e. The molecule has 2 aromatic carbocycles. The SMILES string of the molecule is CCCC[C@@H](C(=O)C(=O)N[C@H](C)c1ccccc1)N(C(=O)O)C1CC(C)(C)CN1C(=O)Nc1ccc(C#N)cc1. The number of unbranched alkanes of at least 4 members (excludes halogenated alkanes) is 1. The van der Waals surface area contributed by atoms with Crippen molar-refractivity contribution in [1.82, 2.24) is 15.1 Å². The molecule has 4 amide bonds. The van der Waals surface area contributed by atoms with Crippen molar-refractivity contribution in [2.75, 3.05) is 11.9 Å². The predicted octanol–water partition coefficient (Wildman–Crippen LogP) is 5.13. The lowest BCUT2D eigenvalue weighted by Gasteiger charge is -2.37. The first-order valence-corrected chi connectivity index (χ1v) is 13.5. The van der Waals surface area contributed by atoms with Crippen molar-refractivity contribution in [3.8, 4) is 6.07 Å². The van der Waals surface area contributed by atoms with E-state index in [2.05, 4.69) is 10.6 Å². The number of nitrogens with zero attached hydrogens (tertiary/aromatic N) is 3. The zero-order chi connectivity index (χ0) is 29.4. The van der Waals surface area contributed by atoms with Crippen LogP contribution in [0, 0.1) is 16.7 Å². The molecule has 0 radical (unpaired) electrons. The summed E-state index contributed by atoms with van der Waals surface area (Å²) in [6.07, 6.45) is -0.684. The van der Waals surface area contributed by atoms with Crippen molar-refractivity contribution in [3.05, 3.63) is 65.7 Å². The van der Waals surface area contributed by atoms with Crippen molar-refractivity contribution < 1.29 is 24.3 Å². The highest BCUT2D eigenvalue weighted by molar-refractivity contribution is 6.38. The van der Waals surface area contributed by atoms with Gasteiger partial charge in [0, 0.05) is 12.2 Å². The molecule has 212 valence electrons. The Morgan fingerprint density at radius 2 is 1.77 bits per heavy atom. The van der Waals surface area contributed by atoms with Crippen LogP contribution < -0.4 is 10.6 Å². The van der Waals surface area contributed by atoms with Crippen molar-refractivity contribution in [2.45, 2.75) is 71.6 Å². The Bertz CT molecular complexity index is 1260. The molecule has 1 aliphatic rings. The van der Waals surface area contributed by atoms with Crippen LogP contribution in [0.4, 0.5) is 15.3 Å². The van der Waals surface area contributed by atoms with Crippen LogP contribution in [-0.2, 0) is 9.59 Å². The van der Waals surface area contributed by atoms with Gasteiger partial charge in [-0.2, -0.15) is 5.26 Å². The minimum atomic E-state index is -1.38. The van der Waals surface area contributed by atoms with E-state index in [1.807, 2.05) is 57.2 Å². The van der Waals surface area contributed by atoms with E-state index in [4.69, 9.17) is 5.26 Å². The molecule has 40 heavy (non-hydrogen) atoms. The Balaban J connectivity index is 1.88. The normalized spacial score (nSPS) is 17.3. The highest BCUT2D eigenvalue weighted by Crippen LogP contribution is 2.37. The number of carbonyl (C=O) groups excluding carboxylic acids is 3. The first-order valence-electron chi connectivity index (χ1n) is 13.5. The standard InChI is InChI=1S/C30H37N5O5/c1-5-6-12-24(26(36)27(37)32-20(2)22-10-8-7-9-11-22)35(29(39)40)25-17-30(3,4)19-34(25)28(38)33-23-15-13-21(18-31)14-16-23/h7-11,13-16,20,24-25H,5-6,12,17,19H2,1-4H3,(H,32,37)(H,33,38)(H,39,40)/t20-,24+,25?/m1/s1. The zero-order valence-electron chi connectivity index (χ0n) is 23.4. The first-order chi connectivity index (χ1) is 19.0. The van der Waals surface area contributed by atoms with Gasteiger partial charge in [0.1, 0.15) is 12.2 Å². The van der Waals surface area contributed by atoms with Crippen molar-refractivity contribution in [2.24, 2.45) is 5.41 Å². The second-order valence-corrected chi connectivity index (χ2v) is 10.9. The van der Waals surface area contributed by atoms with E-state index in [1.165, 1.54) is 4.90 Å². The maximum atomic E-state index is 13.5. The molecule has 1 fully saturated rings. The van der Waals surface area contributed by atoms with Gasteiger partial charge in [-0.25, -0.2) is 9.59 Å². The van der Waals surface area contributed by atoms with E-state index < -0.39 is 47.5 Å². The van der Waals surface area contributed by atoms with Crippen LogP contribution in [0.3, 0.4) is 0 Å². The third kappa shape index (κ3) is 7.38. The van der Waals surface area contributed by atoms with E-state index in [9.17, 15) is 24.3 Å². The summed E-state index contributed by atoms with van der Waals surface area (Å²) in [7, 11) is 0. The van der Waals surface area contributed by atoms with E-state index in [1.54, 1.807) is 31.2 Å². The van der Waals surface area contributed by atoms with Gasteiger partial charge in [0.15, 0.2) is 0 Å². The van der Waals surface area contributed by atoms with E-state index in [-0.39, 0.29) is 19.4 Å². The lowest BCUT2D eigenvalue weighted by molar-refractivity contribution is -0.142. The maximum Gasteiger partial charge on any atom is 0.409 e. The third-order valence-electron chi connectivity index (χ3n) is 7.10. The summed E-state index contributed by atoms with van der Waals surface area (Å²) >= 11 is 0. The second-order valence-electron chi connectivity index (χ2n) is 10.9. The molecule has 10 nitrogen and oxygen atoms in total. The monoisotopic (exact) mass is 547 g/mol. The van der Waals surface area contributed by atoms with Gasteiger partial charge in [-0.05, 0) is 55.0 Å². The number of hydrogen-bond acceptors (Lipinski definition) is 5. The lowest BCUT2D eigenvalue weighted by Crippen LogP contribution is -2.58. The van der Waals surface area contributed by atoms with Crippen LogP contribution in [-0.4, -0.2) is 57.5 Å². The molecule has 0 spiro atoms. The molecule has 1 unspecified atom stereocenters. The number of carboxylic acid groups (broad SMARTS) is 1. The lowest BCUT2D eigenvalue weighted by atomic mass is 9.91. The highest BCUT2D eigenvalue weighted by atomic mass is 16.4. The number of ketones is 1. The van der Waals surface area contributed by atoms with Gasteiger partial charge in [0.25, 0.3) is 5.91 Å². The van der Waals surface area contributed by atoms with Gasteiger partial charge < -0.3 is 20.6 Å². The minimum absolute atomic E-state index is 0.150.